The number of hydrogen-bond donors (Lipinski definition) is 1. The van der Waals surface area contributed by atoms with Crippen LogP contribution in [-0.2, 0) is 6.42 Å². The molecule has 1 N–H and O–H groups in total. The van der Waals surface area contributed by atoms with E-state index in [1.807, 2.05) is 13.0 Å². The van der Waals surface area contributed by atoms with Gasteiger partial charge in [0.2, 0.25) is 5.88 Å². The second-order valence-electron chi connectivity index (χ2n) is 4.21. The largest absolute Gasteiger partial charge is 0.475 e. The van der Waals surface area contributed by atoms with Crippen molar-refractivity contribution in [3.8, 4) is 5.88 Å². The predicted molar refractivity (Wildman–Crippen MR) is 79.4 cm³/mol. The summed E-state index contributed by atoms with van der Waals surface area (Å²) in [6, 6.07) is 5.46. The van der Waals surface area contributed by atoms with E-state index in [0.717, 1.165) is 23.8 Å². The summed E-state index contributed by atoms with van der Waals surface area (Å²) in [5, 5.41) is 3.72. The standard InChI is InChI=1S/C14H17ClN4O/c1-3-11-9-13(19-10(2)18-11)16-7-8-20-14-12(15)5-4-6-17-14/h4-6,9H,3,7-8H2,1-2H3,(H,16,18,19). The van der Waals surface area contributed by atoms with Crippen LogP contribution in [0.4, 0.5) is 5.82 Å². The Kier molecular flexibility index (Phi) is 5.12. The molecule has 2 aromatic heterocycles. The zero-order valence-corrected chi connectivity index (χ0v) is 12.3. The lowest BCUT2D eigenvalue weighted by Crippen LogP contribution is -2.14. The number of ether oxygens (including phenoxy) is 1. The van der Waals surface area contributed by atoms with Crippen molar-refractivity contribution < 1.29 is 4.74 Å². The monoisotopic (exact) mass is 292 g/mol. The first kappa shape index (κ1) is 14.5. The molecule has 0 spiro atoms. The predicted octanol–water partition coefficient (Wildman–Crippen LogP) is 2.89. The fourth-order valence-electron chi connectivity index (χ4n) is 1.71. The van der Waals surface area contributed by atoms with Crippen LogP contribution >= 0.6 is 11.6 Å². The number of hydrogen-bond acceptors (Lipinski definition) is 5. The molecule has 0 amide bonds. The summed E-state index contributed by atoms with van der Waals surface area (Å²) in [7, 11) is 0. The zero-order chi connectivity index (χ0) is 14.4. The minimum absolute atomic E-state index is 0.448. The first-order valence-corrected chi connectivity index (χ1v) is 6.88. The van der Waals surface area contributed by atoms with Gasteiger partial charge in [0, 0.05) is 18.0 Å². The Balaban J connectivity index is 1.84. The fraction of sp³-hybridized carbons (Fsp3) is 0.357. The number of halogens is 1. The van der Waals surface area contributed by atoms with Gasteiger partial charge in [-0.05, 0) is 25.5 Å². The van der Waals surface area contributed by atoms with Crippen molar-refractivity contribution in [3.05, 3.63) is 40.9 Å². The van der Waals surface area contributed by atoms with Crippen LogP contribution < -0.4 is 10.1 Å². The number of aryl methyl sites for hydroxylation is 2. The van der Waals surface area contributed by atoms with Gasteiger partial charge < -0.3 is 10.1 Å². The van der Waals surface area contributed by atoms with Crippen molar-refractivity contribution in [2.24, 2.45) is 0 Å². The van der Waals surface area contributed by atoms with Crippen LogP contribution in [-0.4, -0.2) is 28.1 Å². The molecule has 6 heteroatoms. The first-order valence-electron chi connectivity index (χ1n) is 6.50. The Labute approximate surface area is 123 Å². The highest BCUT2D eigenvalue weighted by Crippen LogP contribution is 2.19. The summed E-state index contributed by atoms with van der Waals surface area (Å²) in [6.45, 7) is 5.03. The molecule has 0 unspecified atom stereocenters. The second-order valence-corrected chi connectivity index (χ2v) is 4.62. The third kappa shape index (κ3) is 4.06. The van der Waals surface area contributed by atoms with Gasteiger partial charge >= 0.3 is 0 Å². The van der Waals surface area contributed by atoms with Crippen LogP contribution in [0.25, 0.3) is 0 Å². The number of anilines is 1. The van der Waals surface area contributed by atoms with Gasteiger partial charge in [-0.25, -0.2) is 15.0 Å². The SMILES string of the molecule is CCc1cc(NCCOc2ncccc2Cl)nc(C)n1. The van der Waals surface area contributed by atoms with E-state index in [4.69, 9.17) is 16.3 Å². The van der Waals surface area contributed by atoms with Crippen molar-refractivity contribution in [3.63, 3.8) is 0 Å². The lowest BCUT2D eigenvalue weighted by molar-refractivity contribution is 0.320. The van der Waals surface area contributed by atoms with Crippen molar-refractivity contribution in [1.82, 2.24) is 15.0 Å². The van der Waals surface area contributed by atoms with Crippen LogP contribution in [0.1, 0.15) is 18.4 Å². The minimum atomic E-state index is 0.448. The number of aromatic nitrogens is 3. The van der Waals surface area contributed by atoms with E-state index >= 15 is 0 Å². The van der Waals surface area contributed by atoms with E-state index in [1.54, 1.807) is 18.3 Å². The highest BCUT2D eigenvalue weighted by Gasteiger charge is 2.02. The van der Waals surface area contributed by atoms with E-state index in [1.165, 1.54) is 0 Å². The molecule has 2 rings (SSSR count). The van der Waals surface area contributed by atoms with Gasteiger partial charge in [0.05, 0.1) is 6.54 Å². The Bertz CT molecular complexity index is 577. The highest BCUT2D eigenvalue weighted by atomic mass is 35.5. The molecule has 0 saturated carbocycles. The van der Waals surface area contributed by atoms with Crippen LogP contribution in [0.5, 0.6) is 5.88 Å². The van der Waals surface area contributed by atoms with Gasteiger partial charge in [-0.3, -0.25) is 0 Å². The molecule has 106 valence electrons. The molecular formula is C14H17ClN4O. The van der Waals surface area contributed by atoms with E-state index in [9.17, 15) is 0 Å². The Morgan fingerprint density at radius 1 is 1.35 bits per heavy atom. The Morgan fingerprint density at radius 3 is 2.95 bits per heavy atom. The fourth-order valence-corrected chi connectivity index (χ4v) is 1.88. The maximum Gasteiger partial charge on any atom is 0.232 e. The van der Waals surface area contributed by atoms with Gasteiger partial charge in [-0.2, -0.15) is 0 Å². The molecule has 0 aliphatic heterocycles. The molecule has 0 aliphatic carbocycles. The average molecular weight is 293 g/mol. The smallest absolute Gasteiger partial charge is 0.232 e. The summed E-state index contributed by atoms with van der Waals surface area (Å²) in [6.07, 6.45) is 2.54. The van der Waals surface area contributed by atoms with Crippen molar-refractivity contribution in [2.45, 2.75) is 20.3 Å². The lowest BCUT2D eigenvalue weighted by atomic mass is 10.3. The topological polar surface area (TPSA) is 59.9 Å². The molecule has 0 radical (unpaired) electrons. The Morgan fingerprint density at radius 2 is 2.20 bits per heavy atom. The quantitative estimate of drug-likeness (QED) is 0.830. The third-order valence-corrected chi connectivity index (χ3v) is 2.91. The summed E-state index contributed by atoms with van der Waals surface area (Å²) >= 11 is 5.95. The van der Waals surface area contributed by atoms with Gasteiger partial charge in [0.25, 0.3) is 0 Å². The maximum absolute atomic E-state index is 5.95. The van der Waals surface area contributed by atoms with Gasteiger partial charge in [0.15, 0.2) is 0 Å². The maximum atomic E-state index is 5.95. The summed E-state index contributed by atoms with van der Waals surface area (Å²) in [4.78, 5) is 12.7. The number of pyridine rings is 1. The summed E-state index contributed by atoms with van der Waals surface area (Å²) < 4.78 is 5.50. The zero-order valence-electron chi connectivity index (χ0n) is 11.6. The molecule has 0 fully saturated rings. The van der Waals surface area contributed by atoms with E-state index in [0.29, 0.717) is 24.1 Å². The summed E-state index contributed by atoms with van der Waals surface area (Å²) in [5.41, 5.74) is 1.02. The number of rotatable bonds is 6. The average Bonchev–Trinajstić information content (AvgIpc) is 2.44. The van der Waals surface area contributed by atoms with Gasteiger partial charge in [-0.15, -0.1) is 0 Å². The molecule has 0 aromatic carbocycles. The van der Waals surface area contributed by atoms with Gasteiger partial charge in [-0.1, -0.05) is 18.5 Å². The highest BCUT2D eigenvalue weighted by molar-refractivity contribution is 6.31. The van der Waals surface area contributed by atoms with Crippen LogP contribution in [0, 0.1) is 6.92 Å². The third-order valence-electron chi connectivity index (χ3n) is 2.62. The minimum Gasteiger partial charge on any atom is -0.475 e. The number of nitrogens with zero attached hydrogens (tertiary/aromatic N) is 3. The molecule has 0 atom stereocenters. The van der Waals surface area contributed by atoms with E-state index in [2.05, 4.69) is 27.2 Å². The summed E-state index contributed by atoms with van der Waals surface area (Å²) in [5.74, 6) is 2.02. The first-order chi connectivity index (χ1) is 9.69. The molecule has 0 aliphatic rings. The van der Waals surface area contributed by atoms with Gasteiger partial charge in [0.1, 0.15) is 23.3 Å². The van der Waals surface area contributed by atoms with Crippen molar-refractivity contribution in [2.75, 3.05) is 18.5 Å². The molecule has 20 heavy (non-hydrogen) atoms. The van der Waals surface area contributed by atoms with Crippen molar-refractivity contribution >= 4 is 17.4 Å². The molecule has 0 saturated heterocycles. The van der Waals surface area contributed by atoms with Crippen LogP contribution in [0.3, 0.4) is 0 Å². The molecule has 2 heterocycles. The Hall–Kier alpha value is -1.88. The van der Waals surface area contributed by atoms with E-state index < -0.39 is 0 Å². The molecule has 5 nitrogen and oxygen atoms in total. The molecular weight excluding hydrogens is 276 g/mol. The van der Waals surface area contributed by atoms with Crippen molar-refractivity contribution in [1.29, 1.82) is 0 Å². The van der Waals surface area contributed by atoms with Crippen LogP contribution in [0.2, 0.25) is 5.02 Å². The van der Waals surface area contributed by atoms with Crippen LogP contribution in [0.15, 0.2) is 24.4 Å². The molecule has 2 aromatic rings. The molecule has 0 bridgehead atoms. The second kappa shape index (κ2) is 7.05. The lowest BCUT2D eigenvalue weighted by Gasteiger charge is -2.09. The van der Waals surface area contributed by atoms with E-state index in [-0.39, 0.29) is 0 Å². The number of nitrogens with one attached hydrogen (secondary N) is 1. The normalized spacial score (nSPS) is 10.3.